The van der Waals surface area contributed by atoms with E-state index in [1.54, 1.807) is 18.3 Å². The van der Waals surface area contributed by atoms with Crippen molar-refractivity contribution in [1.82, 2.24) is 15.3 Å². The lowest BCUT2D eigenvalue weighted by Crippen LogP contribution is -2.34. The average Bonchev–Trinajstić information content (AvgIpc) is 2.85. The lowest BCUT2D eigenvalue weighted by atomic mass is 9.99. The molecule has 2 fully saturated rings. The zero-order valence-electron chi connectivity index (χ0n) is 11.7. The Labute approximate surface area is 131 Å². The number of amides is 2. The number of hydrogen-bond donors (Lipinski definition) is 1. The Hall–Kier alpha value is -2.40. The summed E-state index contributed by atoms with van der Waals surface area (Å²) in [6.45, 7) is 1.48. The van der Waals surface area contributed by atoms with Crippen LogP contribution in [0.25, 0.3) is 6.08 Å². The molecular formula is C14H13N5O2S. The van der Waals surface area contributed by atoms with Crippen LogP contribution in [-0.4, -0.2) is 34.2 Å². The molecular weight excluding hydrogens is 302 g/mol. The fourth-order valence-electron chi connectivity index (χ4n) is 2.36. The van der Waals surface area contributed by atoms with Crippen LogP contribution in [-0.2, 0) is 4.79 Å². The number of carbonyl (C=O) groups excluding carboxylic acids is 2. The number of carbonyl (C=O) groups is 2. The van der Waals surface area contributed by atoms with Crippen molar-refractivity contribution in [3.63, 3.8) is 0 Å². The van der Waals surface area contributed by atoms with Crippen LogP contribution < -0.4 is 10.2 Å². The van der Waals surface area contributed by atoms with Crippen molar-refractivity contribution in [2.45, 2.75) is 12.8 Å². The maximum Gasteiger partial charge on any atom is 0.290 e. The number of piperidine rings is 1. The minimum Gasteiger partial charge on any atom is -0.341 e. The molecule has 22 heavy (non-hydrogen) atoms. The van der Waals surface area contributed by atoms with Crippen LogP contribution in [0, 0.1) is 17.2 Å². The number of nitrogens with zero attached hydrogens (tertiary/aromatic N) is 4. The summed E-state index contributed by atoms with van der Waals surface area (Å²) in [4.78, 5) is 33.7. The van der Waals surface area contributed by atoms with Crippen LogP contribution in [0.5, 0.6) is 0 Å². The van der Waals surface area contributed by atoms with E-state index in [-0.39, 0.29) is 11.2 Å². The van der Waals surface area contributed by atoms with Crippen LogP contribution >= 0.6 is 11.8 Å². The normalized spacial score (nSPS) is 21.0. The van der Waals surface area contributed by atoms with E-state index in [1.807, 2.05) is 4.90 Å². The van der Waals surface area contributed by atoms with Crippen molar-refractivity contribution in [3.8, 4) is 6.07 Å². The van der Waals surface area contributed by atoms with E-state index < -0.39 is 5.91 Å². The van der Waals surface area contributed by atoms with Crippen LogP contribution in [0.3, 0.4) is 0 Å². The Morgan fingerprint density at radius 2 is 2.18 bits per heavy atom. The first-order valence-corrected chi connectivity index (χ1v) is 7.70. The molecule has 0 spiro atoms. The van der Waals surface area contributed by atoms with Crippen molar-refractivity contribution in [3.05, 3.63) is 22.9 Å². The van der Waals surface area contributed by atoms with Gasteiger partial charge in [0.05, 0.1) is 16.7 Å². The molecule has 8 heteroatoms. The topological polar surface area (TPSA) is 99.0 Å². The third-order valence-corrected chi connectivity index (χ3v) is 4.36. The van der Waals surface area contributed by atoms with Crippen molar-refractivity contribution >= 4 is 34.9 Å². The molecule has 0 unspecified atom stereocenters. The van der Waals surface area contributed by atoms with Gasteiger partial charge in [0.25, 0.3) is 11.1 Å². The second kappa shape index (κ2) is 6.15. The minimum atomic E-state index is -0.398. The molecule has 1 N–H and O–H groups in total. The summed E-state index contributed by atoms with van der Waals surface area (Å²) in [5.41, 5.74) is 0.583. The number of anilines is 1. The highest BCUT2D eigenvalue weighted by atomic mass is 32.2. The lowest BCUT2D eigenvalue weighted by Gasteiger charge is -2.29. The van der Waals surface area contributed by atoms with Gasteiger partial charge in [-0.15, -0.1) is 0 Å². The van der Waals surface area contributed by atoms with Crippen molar-refractivity contribution < 1.29 is 9.59 Å². The molecule has 0 bridgehead atoms. The molecule has 1 aromatic heterocycles. The SMILES string of the molecule is N#CC1CCN(c2nccc(C=C3SC(=O)NC3=O)n2)CC1. The number of hydrogen-bond acceptors (Lipinski definition) is 7. The monoisotopic (exact) mass is 315 g/mol. The maximum absolute atomic E-state index is 11.5. The van der Waals surface area contributed by atoms with E-state index in [0.29, 0.717) is 16.5 Å². The molecule has 0 aliphatic carbocycles. The Morgan fingerprint density at radius 3 is 2.82 bits per heavy atom. The molecule has 3 heterocycles. The first-order chi connectivity index (χ1) is 10.7. The number of thioether (sulfide) groups is 1. The van der Waals surface area contributed by atoms with Gasteiger partial charge >= 0.3 is 0 Å². The molecule has 2 aliphatic heterocycles. The number of aromatic nitrogens is 2. The number of imide groups is 1. The average molecular weight is 315 g/mol. The highest BCUT2D eigenvalue weighted by Crippen LogP contribution is 2.26. The van der Waals surface area contributed by atoms with E-state index in [2.05, 4.69) is 21.4 Å². The summed E-state index contributed by atoms with van der Waals surface area (Å²) in [6.07, 6.45) is 4.82. The minimum absolute atomic E-state index is 0.103. The van der Waals surface area contributed by atoms with E-state index in [1.165, 1.54) is 0 Å². The summed E-state index contributed by atoms with van der Waals surface area (Å²) >= 11 is 0.865. The molecule has 1 aromatic rings. The number of rotatable bonds is 2. The predicted molar refractivity (Wildman–Crippen MR) is 81.7 cm³/mol. The van der Waals surface area contributed by atoms with Gasteiger partial charge in [0.1, 0.15) is 0 Å². The van der Waals surface area contributed by atoms with Crippen molar-refractivity contribution in [2.75, 3.05) is 18.0 Å². The van der Waals surface area contributed by atoms with Gasteiger partial charge in [0.2, 0.25) is 5.95 Å². The van der Waals surface area contributed by atoms with Gasteiger partial charge in [0, 0.05) is 25.2 Å². The van der Waals surface area contributed by atoms with Gasteiger partial charge in [-0.3, -0.25) is 14.9 Å². The van der Waals surface area contributed by atoms with Crippen LogP contribution in [0.2, 0.25) is 0 Å². The van der Waals surface area contributed by atoms with E-state index in [9.17, 15) is 9.59 Å². The zero-order chi connectivity index (χ0) is 15.5. The largest absolute Gasteiger partial charge is 0.341 e. The van der Waals surface area contributed by atoms with E-state index >= 15 is 0 Å². The second-order valence-corrected chi connectivity index (χ2v) is 6.04. The smallest absolute Gasteiger partial charge is 0.290 e. The summed E-state index contributed by atoms with van der Waals surface area (Å²) in [7, 11) is 0. The third-order valence-electron chi connectivity index (χ3n) is 3.55. The highest BCUT2D eigenvalue weighted by Gasteiger charge is 2.25. The van der Waals surface area contributed by atoms with Gasteiger partial charge in [-0.05, 0) is 36.7 Å². The molecule has 2 amide bonds. The quantitative estimate of drug-likeness (QED) is 0.826. The molecule has 112 valence electrons. The van der Waals surface area contributed by atoms with Crippen molar-refractivity contribution in [1.29, 1.82) is 5.26 Å². The Morgan fingerprint density at radius 1 is 1.41 bits per heavy atom. The number of nitriles is 1. The maximum atomic E-state index is 11.5. The predicted octanol–water partition coefficient (Wildman–Crippen LogP) is 1.54. The molecule has 0 saturated carbocycles. The number of nitrogens with one attached hydrogen (secondary N) is 1. The van der Waals surface area contributed by atoms with Crippen LogP contribution in [0.15, 0.2) is 17.2 Å². The molecule has 0 radical (unpaired) electrons. The summed E-state index contributed by atoms with van der Waals surface area (Å²) < 4.78 is 0. The molecule has 2 aliphatic rings. The summed E-state index contributed by atoms with van der Waals surface area (Å²) in [5, 5.41) is 10.8. The Balaban J connectivity index is 1.76. The fourth-order valence-corrected chi connectivity index (χ4v) is 3.03. The van der Waals surface area contributed by atoms with E-state index in [4.69, 9.17) is 5.26 Å². The highest BCUT2D eigenvalue weighted by molar-refractivity contribution is 8.18. The fraction of sp³-hybridized carbons (Fsp3) is 0.357. The summed E-state index contributed by atoms with van der Waals surface area (Å²) in [5.74, 6) is 0.289. The lowest BCUT2D eigenvalue weighted by molar-refractivity contribution is -0.115. The third kappa shape index (κ3) is 3.09. The van der Waals surface area contributed by atoms with Gasteiger partial charge < -0.3 is 4.90 Å². The standard InChI is InChI=1S/C14H13N5O2S/c15-8-9-2-5-19(6-3-9)13-16-4-1-10(17-13)7-11-12(20)18-14(21)22-11/h1,4,7,9H,2-3,5-6H2,(H,18,20,21). The van der Waals surface area contributed by atoms with E-state index in [0.717, 1.165) is 37.7 Å². The Kier molecular flexibility index (Phi) is 4.06. The molecule has 0 atom stereocenters. The molecule has 0 aromatic carbocycles. The Bertz CT molecular complexity index is 689. The molecule has 3 rings (SSSR count). The first kappa shape index (κ1) is 14.5. The van der Waals surface area contributed by atoms with Gasteiger partial charge in [-0.1, -0.05) is 0 Å². The van der Waals surface area contributed by atoms with Crippen LogP contribution in [0.1, 0.15) is 18.5 Å². The van der Waals surface area contributed by atoms with Crippen LogP contribution in [0.4, 0.5) is 10.7 Å². The van der Waals surface area contributed by atoms with Gasteiger partial charge in [-0.25, -0.2) is 9.97 Å². The molecule has 2 saturated heterocycles. The zero-order valence-corrected chi connectivity index (χ0v) is 12.5. The second-order valence-electron chi connectivity index (χ2n) is 5.02. The van der Waals surface area contributed by atoms with Gasteiger partial charge in [0.15, 0.2) is 0 Å². The first-order valence-electron chi connectivity index (χ1n) is 6.88. The summed E-state index contributed by atoms with van der Waals surface area (Å²) in [6, 6.07) is 3.98. The molecule has 7 nitrogen and oxygen atoms in total. The van der Waals surface area contributed by atoms with Crippen molar-refractivity contribution in [2.24, 2.45) is 5.92 Å². The van der Waals surface area contributed by atoms with Gasteiger partial charge in [-0.2, -0.15) is 5.26 Å².